The highest BCUT2D eigenvalue weighted by Crippen LogP contribution is 2.17. The molecule has 0 amide bonds. The van der Waals surface area contributed by atoms with Gasteiger partial charge in [-0.1, -0.05) is 0 Å². The quantitative estimate of drug-likeness (QED) is 0.684. The van der Waals surface area contributed by atoms with Gasteiger partial charge in [0.1, 0.15) is 10.7 Å². The molecular formula is C10H17N3O3S2. The number of rotatable bonds is 6. The molecule has 0 saturated heterocycles. The van der Waals surface area contributed by atoms with E-state index in [2.05, 4.69) is 9.71 Å². The lowest BCUT2D eigenvalue weighted by Crippen LogP contribution is -2.41. The van der Waals surface area contributed by atoms with Crippen molar-refractivity contribution in [3.63, 3.8) is 0 Å². The minimum atomic E-state index is -3.72. The van der Waals surface area contributed by atoms with E-state index in [1.54, 1.807) is 6.92 Å². The molecule has 2 atom stereocenters. The van der Waals surface area contributed by atoms with E-state index in [1.165, 1.54) is 30.1 Å². The van der Waals surface area contributed by atoms with Crippen molar-refractivity contribution in [3.8, 4) is 0 Å². The van der Waals surface area contributed by atoms with Gasteiger partial charge in [0.05, 0.1) is 6.61 Å². The summed E-state index contributed by atoms with van der Waals surface area (Å²) in [5, 5.41) is 8.92. The van der Waals surface area contributed by atoms with Crippen LogP contribution in [0.15, 0.2) is 23.2 Å². The number of anilines is 1. The zero-order chi connectivity index (χ0) is 13.8. The van der Waals surface area contributed by atoms with E-state index in [9.17, 15) is 8.42 Å². The number of thioether (sulfide) groups is 1. The molecule has 1 heterocycles. The first-order chi connectivity index (χ1) is 8.42. The van der Waals surface area contributed by atoms with Crippen LogP contribution in [0.3, 0.4) is 0 Å². The van der Waals surface area contributed by atoms with Gasteiger partial charge in [0, 0.05) is 17.5 Å². The number of nitrogens with two attached hydrogens (primary N) is 1. The summed E-state index contributed by atoms with van der Waals surface area (Å²) in [6.07, 6.45) is 3.24. The summed E-state index contributed by atoms with van der Waals surface area (Å²) in [5.41, 5.74) is 5.54. The van der Waals surface area contributed by atoms with Crippen LogP contribution in [-0.4, -0.2) is 42.7 Å². The van der Waals surface area contributed by atoms with Crippen LogP contribution in [0.1, 0.15) is 6.92 Å². The summed E-state index contributed by atoms with van der Waals surface area (Å²) in [5.74, 6) is -0.0399. The van der Waals surface area contributed by atoms with Crippen molar-refractivity contribution >= 4 is 27.6 Å². The zero-order valence-electron chi connectivity index (χ0n) is 10.2. The summed E-state index contributed by atoms with van der Waals surface area (Å²) in [6, 6.07) is 2.49. The predicted octanol–water partition coefficient (Wildman–Crippen LogP) is 0.0545. The van der Waals surface area contributed by atoms with E-state index in [0.29, 0.717) is 0 Å². The van der Waals surface area contributed by atoms with Crippen molar-refractivity contribution in [3.05, 3.63) is 18.3 Å². The van der Waals surface area contributed by atoms with E-state index in [4.69, 9.17) is 10.8 Å². The molecule has 0 spiro atoms. The first-order valence-electron chi connectivity index (χ1n) is 5.29. The minimum Gasteiger partial charge on any atom is -0.395 e. The number of nitrogen functional groups attached to an aromatic ring is 1. The van der Waals surface area contributed by atoms with Gasteiger partial charge >= 0.3 is 0 Å². The summed E-state index contributed by atoms with van der Waals surface area (Å²) >= 11 is 1.39. The molecule has 18 heavy (non-hydrogen) atoms. The number of nitrogens with zero attached hydrogens (tertiary/aromatic N) is 1. The average Bonchev–Trinajstić information content (AvgIpc) is 2.30. The van der Waals surface area contributed by atoms with Crippen LogP contribution in [0.5, 0.6) is 0 Å². The molecule has 0 fully saturated rings. The molecular weight excluding hydrogens is 274 g/mol. The highest BCUT2D eigenvalue weighted by atomic mass is 32.2. The molecule has 0 saturated carbocycles. The monoisotopic (exact) mass is 291 g/mol. The molecule has 4 N–H and O–H groups in total. The first kappa shape index (κ1) is 15.2. The number of aliphatic hydroxyl groups is 1. The largest absolute Gasteiger partial charge is 0.395 e. The number of aliphatic hydroxyl groups excluding tert-OH is 1. The molecule has 0 bridgehead atoms. The van der Waals surface area contributed by atoms with Crippen LogP contribution in [0, 0.1) is 0 Å². The van der Waals surface area contributed by atoms with E-state index >= 15 is 0 Å². The van der Waals surface area contributed by atoms with Gasteiger partial charge in [-0.3, -0.25) is 0 Å². The van der Waals surface area contributed by atoms with Gasteiger partial charge in [-0.15, -0.1) is 0 Å². The Morgan fingerprint density at radius 2 is 2.28 bits per heavy atom. The lowest BCUT2D eigenvalue weighted by molar-refractivity contribution is 0.282. The van der Waals surface area contributed by atoms with E-state index in [0.717, 1.165) is 0 Å². The number of aromatic nitrogens is 1. The Hall–Kier alpha value is -0.830. The second-order valence-electron chi connectivity index (χ2n) is 3.75. The Labute approximate surface area is 111 Å². The summed E-state index contributed by atoms with van der Waals surface area (Å²) in [6.45, 7) is 1.59. The van der Waals surface area contributed by atoms with E-state index in [1.807, 2.05) is 6.26 Å². The fourth-order valence-electron chi connectivity index (χ4n) is 1.45. The fourth-order valence-corrected chi connectivity index (χ4v) is 3.53. The third-order valence-corrected chi connectivity index (χ3v) is 5.24. The Bertz CT molecular complexity index is 489. The number of nitrogens with one attached hydrogen (secondary N) is 1. The van der Waals surface area contributed by atoms with Crippen molar-refractivity contribution in [2.45, 2.75) is 23.1 Å². The highest BCUT2D eigenvalue weighted by Gasteiger charge is 2.24. The number of hydrogen-bond acceptors (Lipinski definition) is 6. The molecule has 0 aliphatic heterocycles. The standard InChI is InChI=1S/C10H17N3O3S2/c1-7(8(6-14)17-2)13-18(15,16)9-4-3-5-12-10(9)11/h3-5,7-8,13-14H,6H2,1-2H3,(H2,11,12). The molecule has 2 unspecified atom stereocenters. The van der Waals surface area contributed by atoms with Crippen molar-refractivity contribution in [2.24, 2.45) is 0 Å². The predicted molar refractivity (Wildman–Crippen MR) is 72.8 cm³/mol. The molecule has 0 aromatic carbocycles. The van der Waals surface area contributed by atoms with Crippen LogP contribution in [-0.2, 0) is 10.0 Å². The van der Waals surface area contributed by atoms with Crippen molar-refractivity contribution in [1.82, 2.24) is 9.71 Å². The van der Waals surface area contributed by atoms with Gasteiger partial charge < -0.3 is 10.8 Å². The number of hydrogen-bond donors (Lipinski definition) is 3. The lowest BCUT2D eigenvalue weighted by atomic mass is 10.3. The number of pyridine rings is 1. The SMILES string of the molecule is CSC(CO)C(C)NS(=O)(=O)c1cccnc1N. The van der Waals surface area contributed by atoms with Crippen molar-refractivity contribution in [2.75, 3.05) is 18.6 Å². The third-order valence-electron chi connectivity index (χ3n) is 2.47. The van der Waals surface area contributed by atoms with Gasteiger partial charge in [-0.25, -0.2) is 18.1 Å². The maximum atomic E-state index is 12.1. The van der Waals surface area contributed by atoms with Crippen molar-refractivity contribution in [1.29, 1.82) is 0 Å². The second kappa shape index (κ2) is 6.37. The molecule has 1 rings (SSSR count). The van der Waals surface area contributed by atoms with Gasteiger partial charge in [0.25, 0.3) is 0 Å². The zero-order valence-corrected chi connectivity index (χ0v) is 11.8. The molecule has 6 nitrogen and oxygen atoms in total. The maximum Gasteiger partial charge on any atom is 0.244 e. The molecule has 1 aromatic rings. The summed E-state index contributed by atoms with van der Waals surface area (Å²) < 4.78 is 26.6. The second-order valence-corrected chi connectivity index (χ2v) is 6.51. The third kappa shape index (κ3) is 3.58. The molecule has 102 valence electrons. The topological polar surface area (TPSA) is 105 Å². The van der Waals surface area contributed by atoms with Crippen LogP contribution >= 0.6 is 11.8 Å². The molecule has 0 aliphatic rings. The fraction of sp³-hybridized carbons (Fsp3) is 0.500. The molecule has 0 aliphatic carbocycles. The average molecular weight is 291 g/mol. The smallest absolute Gasteiger partial charge is 0.244 e. The highest BCUT2D eigenvalue weighted by molar-refractivity contribution is 7.99. The maximum absolute atomic E-state index is 12.1. The van der Waals surface area contributed by atoms with Crippen LogP contribution in [0.25, 0.3) is 0 Å². The Morgan fingerprint density at radius 1 is 1.61 bits per heavy atom. The van der Waals surface area contributed by atoms with E-state index < -0.39 is 16.1 Å². The van der Waals surface area contributed by atoms with Gasteiger partial charge in [0.2, 0.25) is 10.0 Å². The van der Waals surface area contributed by atoms with Crippen molar-refractivity contribution < 1.29 is 13.5 Å². The molecule has 1 aromatic heterocycles. The summed E-state index contributed by atoms with van der Waals surface area (Å²) in [4.78, 5) is 3.70. The van der Waals surface area contributed by atoms with E-state index in [-0.39, 0.29) is 22.6 Å². The van der Waals surface area contributed by atoms with Gasteiger partial charge in [-0.05, 0) is 25.3 Å². The first-order valence-corrected chi connectivity index (χ1v) is 8.06. The van der Waals surface area contributed by atoms with Gasteiger partial charge in [-0.2, -0.15) is 11.8 Å². The molecule has 8 heteroatoms. The van der Waals surface area contributed by atoms with Crippen LogP contribution in [0.2, 0.25) is 0 Å². The normalized spacial score (nSPS) is 15.3. The molecule has 0 radical (unpaired) electrons. The van der Waals surface area contributed by atoms with Gasteiger partial charge in [0.15, 0.2) is 0 Å². The Kier molecular flexibility index (Phi) is 5.39. The summed E-state index contributed by atoms with van der Waals surface area (Å²) in [7, 11) is -3.72. The minimum absolute atomic E-state index is 0.0399. The Morgan fingerprint density at radius 3 is 2.78 bits per heavy atom. The van der Waals surface area contributed by atoms with Crippen LogP contribution in [0.4, 0.5) is 5.82 Å². The van der Waals surface area contributed by atoms with Crippen LogP contribution < -0.4 is 10.5 Å². The Balaban J connectivity index is 2.93. The number of sulfonamides is 1. The lowest BCUT2D eigenvalue weighted by Gasteiger charge is -2.21.